The van der Waals surface area contributed by atoms with Gasteiger partial charge in [-0.3, -0.25) is 0 Å². The van der Waals surface area contributed by atoms with Crippen LogP contribution in [0.2, 0.25) is 0 Å². The molecule has 0 saturated carbocycles. The quantitative estimate of drug-likeness (QED) is 0.0435. The predicted molar refractivity (Wildman–Crippen MR) is 239 cm³/mol. The molecule has 0 aromatic heterocycles. The van der Waals surface area contributed by atoms with E-state index in [0.717, 1.165) is 51.4 Å². The molecular weight excluding hydrogens is 753 g/mol. The number of hydrogen-bond acceptors (Lipinski definition) is 8. The molecule has 0 saturated heterocycles. The van der Waals surface area contributed by atoms with Crippen molar-refractivity contribution in [3.05, 3.63) is 0 Å². The third-order valence-corrected chi connectivity index (χ3v) is 9.94. The summed E-state index contributed by atoms with van der Waals surface area (Å²) < 4.78 is 0. The van der Waals surface area contributed by atoms with Gasteiger partial charge in [0.05, 0.1) is 0 Å². The molecule has 0 heterocycles. The monoisotopic (exact) mass is 845 g/mol. The van der Waals surface area contributed by atoms with Crippen LogP contribution in [0.25, 0.3) is 0 Å². The van der Waals surface area contributed by atoms with Crippen LogP contribution in [0.5, 0.6) is 0 Å². The smallest absolute Gasteiger partial charge is 0.550 e. The normalized spacial score (nSPS) is 10.0. The van der Waals surface area contributed by atoms with Crippen LogP contribution in [0, 0.1) is 0 Å². The summed E-state index contributed by atoms with van der Waals surface area (Å²) in [5, 5.41) is 40.4. The number of hydrogen-bond donors (Lipinski definition) is 0. The molecule has 0 radical (unpaired) electrons. The van der Waals surface area contributed by atoms with Crippen LogP contribution >= 0.6 is 0 Å². The van der Waals surface area contributed by atoms with E-state index in [1.165, 1.54) is 180 Å². The minimum absolute atomic E-state index is 0. The van der Waals surface area contributed by atoms with Crippen molar-refractivity contribution < 1.29 is 39.6 Å². The molecule has 0 aliphatic heterocycles. The van der Waals surface area contributed by atoms with Crippen molar-refractivity contribution in [2.45, 2.75) is 285 Å². The number of rotatable bonds is 40. The van der Waals surface area contributed by atoms with Crippen molar-refractivity contribution in [3.63, 3.8) is 0 Å². The van der Waals surface area contributed by atoms with E-state index < -0.39 is 23.9 Å². The van der Waals surface area contributed by atoms with E-state index in [0.29, 0.717) is 0 Å². The summed E-state index contributed by atoms with van der Waals surface area (Å²) in [7, 11) is 0. The Labute approximate surface area is 391 Å². The van der Waals surface area contributed by atoms with E-state index in [2.05, 4.69) is 27.7 Å². The van der Waals surface area contributed by atoms with Gasteiger partial charge in [0, 0.05) is 23.9 Å². The summed E-state index contributed by atoms with van der Waals surface area (Å²) in [5.74, 6) is -3.64. The van der Waals surface area contributed by atoms with E-state index in [1.807, 2.05) is 0 Å². The van der Waals surface area contributed by atoms with E-state index in [9.17, 15) is 39.6 Å². The fourth-order valence-electron chi connectivity index (χ4n) is 6.32. The van der Waals surface area contributed by atoms with Crippen molar-refractivity contribution >= 4 is 70.0 Å². The van der Waals surface area contributed by atoms with Crippen LogP contribution in [0.1, 0.15) is 285 Å². The topological polar surface area (TPSA) is 161 Å². The molecule has 0 aromatic rings. The van der Waals surface area contributed by atoms with Gasteiger partial charge in [-0.05, 0) is 51.4 Å². The third-order valence-electron chi connectivity index (χ3n) is 9.94. The number of carbonyl (C=O) groups is 4. The Morgan fingerprint density at radius 1 is 0.224 bits per heavy atom. The summed E-state index contributed by atoms with van der Waals surface area (Å²) in [6.45, 7) is 8.89. The molecule has 336 valence electrons. The zero-order chi connectivity index (χ0) is 42.6. The number of carbonyl (C=O) groups excluding carboxylic acids is 4. The van der Waals surface area contributed by atoms with Gasteiger partial charge in [0.2, 0.25) is 0 Å². The summed E-state index contributed by atoms with van der Waals surface area (Å²) in [6, 6.07) is 0. The van der Waals surface area contributed by atoms with Crippen molar-refractivity contribution in [2.75, 3.05) is 0 Å². The maximum atomic E-state index is 10.1. The van der Waals surface area contributed by atoms with E-state index in [-0.39, 0.29) is 71.8 Å². The zero-order valence-corrected chi connectivity index (χ0v) is 41.8. The number of carboxylic acids is 4. The average molecular weight is 846 g/mol. The van der Waals surface area contributed by atoms with Crippen molar-refractivity contribution in [1.82, 2.24) is 0 Å². The Kier molecular flexibility index (Phi) is 78.1. The Morgan fingerprint density at radius 2 is 0.328 bits per heavy atom. The largest absolute Gasteiger partial charge is 2.00 e. The van der Waals surface area contributed by atoms with Gasteiger partial charge in [-0.1, -0.05) is 233 Å². The second-order valence-electron chi connectivity index (χ2n) is 15.8. The van der Waals surface area contributed by atoms with Crippen molar-refractivity contribution in [2.24, 2.45) is 0 Å². The predicted octanol–water partition coefficient (Wildman–Crippen LogP) is 9.87. The van der Waals surface area contributed by atoms with Crippen LogP contribution in [0.3, 0.4) is 0 Å². The van der Waals surface area contributed by atoms with Gasteiger partial charge in [0.1, 0.15) is 0 Å². The van der Waals surface area contributed by atoms with Gasteiger partial charge in [-0.25, -0.2) is 0 Å². The molecule has 8 nitrogen and oxygen atoms in total. The number of carboxylic acid groups (broad SMARTS) is 4. The fraction of sp³-hybridized carbons (Fsp3) is 0.917. The van der Waals surface area contributed by atoms with E-state index in [4.69, 9.17) is 0 Å². The summed E-state index contributed by atoms with van der Waals surface area (Å²) >= 11 is 0. The molecule has 0 bridgehead atoms. The minimum atomic E-state index is -0.909. The molecular formula is C48H92Mg2O8. The number of aliphatic carboxylic acids is 4. The fourth-order valence-corrected chi connectivity index (χ4v) is 6.32. The van der Waals surface area contributed by atoms with Gasteiger partial charge in [0.25, 0.3) is 0 Å². The molecule has 0 rings (SSSR count). The van der Waals surface area contributed by atoms with Gasteiger partial charge >= 0.3 is 46.1 Å². The summed E-state index contributed by atoms with van der Waals surface area (Å²) in [5.41, 5.74) is 0. The van der Waals surface area contributed by atoms with Crippen LogP contribution in [-0.2, 0) is 19.2 Å². The third kappa shape index (κ3) is 87.1. The standard InChI is InChI=1S/4C12H24O2.2Mg/c4*1-2-3-4-5-6-7-8-9-10-11-12(13)14;;/h4*2-11H2,1H3,(H,13,14);;/q;;;;2*+2/p-4. The first-order chi connectivity index (χ1) is 27.1. The molecule has 0 fully saturated rings. The second-order valence-corrected chi connectivity index (χ2v) is 15.8. The van der Waals surface area contributed by atoms with Crippen molar-refractivity contribution in [1.29, 1.82) is 0 Å². The molecule has 0 aromatic carbocycles. The van der Waals surface area contributed by atoms with Crippen LogP contribution in [0.15, 0.2) is 0 Å². The summed E-state index contributed by atoms with van der Waals surface area (Å²) in [4.78, 5) is 40.4. The Balaban J connectivity index is -0.000000154. The first-order valence-electron chi connectivity index (χ1n) is 23.9. The molecule has 0 N–H and O–H groups in total. The van der Waals surface area contributed by atoms with Gasteiger partial charge in [-0.15, -0.1) is 0 Å². The molecule has 0 aliphatic rings. The van der Waals surface area contributed by atoms with Crippen molar-refractivity contribution in [3.8, 4) is 0 Å². The molecule has 0 aliphatic carbocycles. The summed E-state index contributed by atoms with van der Waals surface area (Å²) in [6.07, 6.45) is 44.7. The molecule has 0 amide bonds. The maximum absolute atomic E-state index is 10.1. The molecule has 10 heteroatoms. The second kappa shape index (κ2) is 65.5. The zero-order valence-electron chi connectivity index (χ0n) is 39.0. The first kappa shape index (κ1) is 69.1. The van der Waals surface area contributed by atoms with Gasteiger partial charge < -0.3 is 39.6 Å². The Hall–Kier alpha value is -0.588. The van der Waals surface area contributed by atoms with Crippen LogP contribution < -0.4 is 20.4 Å². The molecule has 0 spiro atoms. The van der Waals surface area contributed by atoms with E-state index >= 15 is 0 Å². The average Bonchev–Trinajstić information content (AvgIpc) is 3.15. The number of unbranched alkanes of at least 4 members (excludes halogenated alkanes) is 32. The van der Waals surface area contributed by atoms with Gasteiger partial charge in [0.15, 0.2) is 0 Å². The minimum Gasteiger partial charge on any atom is -0.550 e. The molecule has 0 atom stereocenters. The van der Waals surface area contributed by atoms with Gasteiger partial charge in [-0.2, -0.15) is 0 Å². The Bertz CT molecular complexity index is 670. The van der Waals surface area contributed by atoms with E-state index in [1.54, 1.807) is 0 Å². The molecule has 0 unspecified atom stereocenters. The maximum Gasteiger partial charge on any atom is 2.00 e. The van der Waals surface area contributed by atoms with Crippen LogP contribution in [-0.4, -0.2) is 70.0 Å². The Morgan fingerprint density at radius 3 is 0.431 bits per heavy atom. The first-order valence-corrected chi connectivity index (χ1v) is 23.9. The van der Waals surface area contributed by atoms with Crippen LogP contribution in [0.4, 0.5) is 0 Å². The SMILES string of the molecule is CCCCCCCCCCCC(=O)[O-].CCCCCCCCCCCC(=O)[O-].CCCCCCCCCCCC(=O)[O-].CCCCCCCCCCCC(=O)[O-].[Mg+2].[Mg+2]. The molecule has 58 heavy (non-hydrogen) atoms.